The lowest BCUT2D eigenvalue weighted by atomic mass is 10.3. The van der Waals surface area contributed by atoms with Gasteiger partial charge in [0.2, 0.25) is 5.91 Å². The van der Waals surface area contributed by atoms with Crippen LogP contribution in [0.15, 0.2) is 30.3 Å². The van der Waals surface area contributed by atoms with Crippen LogP contribution in [0.1, 0.15) is 6.42 Å². The van der Waals surface area contributed by atoms with Crippen molar-refractivity contribution in [1.29, 1.82) is 0 Å². The van der Waals surface area contributed by atoms with Gasteiger partial charge in [0.1, 0.15) is 5.75 Å². The number of carbonyl (C=O) groups excluding carboxylic acids is 1. The highest BCUT2D eigenvalue weighted by molar-refractivity contribution is 7.80. The van der Waals surface area contributed by atoms with E-state index in [1.165, 1.54) is 0 Å². The molecule has 1 aromatic rings. The van der Waals surface area contributed by atoms with Crippen molar-refractivity contribution in [2.45, 2.75) is 6.42 Å². The molecule has 4 nitrogen and oxygen atoms in total. The molecular weight excluding hydrogens is 224 g/mol. The zero-order chi connectivity index (χ0) is 11.8. The van der Waals surface area contributed by atoms with Crippen LogP contribution in [0.25, 0.3) is 0 Å². The number of hydrogen-bond acceptors (Lipinski definition) is 3. The fourth-order valence-corrected chi connectivity index (χ4v) is 1.12. The molecule has 1 amide bonds. The summed E-state index contributed by atoms with van der Waals surface area (Å²) >= 11 is 4.63. The molecule has 86 valence electrons. The quantitative estimate of drug-likeness (QED) is 0.721. The summed E-state index contributed by atoms with van der Waals surface area (Å²) in [5.74, 6) is 0.633. The van der Waals surface area contributed by atoms with Gasteiger partial charge >= 0.3 is 0 Å². The summed E-state index contributed by atoms with van der Waals surface area (Å²) < 4.78 is 5.36. The maximum absolute atomic E-state index is 11.2. The van der Waals surface area contributed by atoms with Gasteiger partial charge in [0.15, 0.2) is 0 Å². The van der Waals surface area contributed by atoms with E-state index in [9.17, 15) is 4.79 Å². The third-order valence-corrected chi connectivity index (χ3v) is 1.95. The molecule has 0 saturated heterocycles. The van der Waals surface area contributed by atoms with E-state index in [1.807, 2.05) is 30.3 Å². The van der Waals surface area contributed by atoms with Gasteiger partial charge < -0.3 is 15.8 Å². The van der Waals surface area contributed by atoms with Crippen molar-refractivity contribution in [3.8, 4) is 5.75 Å². The zero-order valence-electron chi connectivity index (χ0n) is 8.81. The number of ether oxygens (including phenoxy) is 1. The van der Waals surface area contributed by atoms with Crippen LogP contribution in [0, 0.1) is 0 Å². The second-order valence-electron chi connectivity index (χ2n) is 3.15. The lowest BCUT2D eigenvalue weighted by Gasteiger charge is -2.06. The monoisotopic (exact) mass is 238 g/mol. The summed E-state index contributed by atoms with van der Waals surface area (Å²) in [6, 6.07) is 9.34. The molecule has 3 N–H and O–H groups in total. The Hall–Kier alpha value is -1.62. The summed E-state index contributed by atoms with van der Waals surface area (Å²) in [5, 5.41) is 2.58. The molecule has 0 bridgehead atoms. The number of thiocarbonyl (C=S) groups is 1. The number of nitrogens with one attached hydrogen (secondary N) is 1. The van der Waals surface area contributed by atoms with Crippen LogP contribution in [0.5, 0.6) is 5.75 Å². The van der Waals surface area contributed by atoms with Gasteiger partial charge in [-0.15, -0.1) is 0 Å². The Morgan fingerprint density at radius 2 is 2.06 bits per heavy atom. The number of para-hydroxylation sites is 1. The van der Waals surface area contributed by atoms with Crippen LogP contribution in [0.3, 0.4) is 0 Å². The zero-order valence-corrected chi connectivity index (χ0v) is 9.63. The molecular formula is C11H14N2O2S. The minimum Gasteiger partial charge on any atom is -0.493 e. The Balaban J connectivity index is 2.16. The maximum atomic E-state index is 11.2. The Labute approximate surface area is 99.8 Å². The third-order valence-electron chi connectivity index (χ3n) is 1.80. The van der Waals surface area contributed by atoms with Crippen LogP contribution in [0.4, 0.5) is 0 Å². The van der Waals surface area contributed by atoms with E-state index in [2.05, 4.69) is 17.5 Å². The first-order valence-electron chi connectivity index (χ1n) is 4.91. The topological polar surface area (TPSA) is 64.3 Å². The van der Waals surface area contributed by atoms with Crippen molar-refractivity contribution in [2.24, 2.45) is 5.73 Å². The molecule has 0 atom stereocenters. The van der Waals surface area contributed by atoms with Crippen molar-refractivity contribution in [3.05, 3.63) is 30.3 Å². The SMILES string of the molecule is NC(=S)CNC(=O)CCOc1ccccc1. The summed E-state index contributed by atoms with van der Waals surface area (Å²) in [5.41, 5.74) is 5.25. The molecule has 0 spiro atoms. The van der Waals surface area contributed by atoms with Gasteiger partial charge in [-0.25, -0.2) is 0 Å². The minimum atomic E-state index is -0.122. The molecule has 0 aliphatic heterocycles. The largest absolute Gasteiger partial charge is 0.493 e. The van der Waals surface area contributed by atoms with Gasteiger partial charge in [0.25, 0.3) is 0 Å². The highest BCUT2D eigenvalue weighted by atomic mass is 32.1. The molecule has 16 heavy (non-hydrogen) atoms. The van der Waals surface area contributed by atoms with E-state index in [0.29, 0.717) is 6.61 Å². The van der Waals surface area contributed by atoms with Crippen molar-refractivity contribution >= 4 is 23.1 Å². The smallest absolute Gasteiger partial charge is 0.223 e. The first kappa shape index (κ1) is 12.4. The molecule has 0 heterocycles. The third kappa shape index (κ3) is 5.31. The molecule has 0 aliphatic rings. The number of carbonyl (C=O) groups is 1. The van der Waals surface area contributed by atoms with Crippen molar-refractivity contribution < 1.29 is 9.53 Å². The van der Waals surface area contributed by atoms with Crippen molar-refractivity contribution in [2.75, 3.05) is 13.2 Å². The Morgan fingerprint density at radius 1 is 1.38 bits per heavy atom. The van der Waals surface area contributed by atoms with Crippen LogP contribution >= 0.6 is 12.2 Å². The molecule has 5 heteroatoms. The van der Waals surface area contributed by atoms with Gasteiger partial charge in [-0.2, -0.15) is 0 Å². The van der Waals surface area contributed by atoms with Gasteiger partial charge in [0, 0.05) is 0 Å². The van der Waals surface area contributed by atoms with Gasteiger partial charge in [-0.05, 0) is 12.1 Å². The minimum absolute atomic E-state index is 0.122. The molecule has 0 radical (unpaired) electrons. The molecule has 1 aromatic carbocycles. The van der Waals surface area contributed by atoms with Crippen molar-refractivity contribution in [3.63, 3.8) is 0 Å². The van der Waals surface area contributed by atoms with Crippen LogP contribution in [-0.4, -0.2) is 24.0 Å². The Morgan fingerprint density at radius 3 is 2.69 bits per heavy atom. The average Bonchev–Trinajstić information content (AvgIpc) is 2.28. The molecule has 0 fully saturated rings. The fraction of sp³-hybridized carbons (Fsp3) is 0.273. The summed E-state index contributed by atoms with van der Waals surface area (Å²) in [4.78, 5) is 11.5. The fourth-order valence-electron chi connectivity index (χ4n) is 1.05. The van der Waals surface area contributed by atoms with E-state index < -0.39 is 0 Å². The second kappa shape index (κ2) is 6.79. The number of hydrogen-bond donors (Lipinski definition) is 2. The summed E-state index contributed by atoms with van der Waals surface area (Å²) in [7, 11) is 0. The first-order valence-corrected chi connectivity index (χ1v) is 5.32. The molecule has 0 aliphatic carbocycles. The van der Waals surface area contributed by atoms with Crippen LogP contribution in [0.2, 0.25) is 0 Å². The van der Waals surface area contributed by atoms with Gasteiger partial charge in [-0.1, -0.05) is 30.4 Å². The van der Waals surface area contributed by atoms with E-state index in [0.717, 1.165) is 5.75 Å². The Kier molecular flexibility index (Phi) is 5.28. The van der Waals surface area contributed by atoms with E-state index in [-0.39, 0.29) is 23.9 Å². The predicted octanol–water partition coefficient (Wildman–Crippen LogP) is 0.858. The van der Waals surface area contributed by atoms with E-state index in [4.69, 9.17) is 10.5 Å². The predicted molar refractivity (Wildman–Crippen MR) is 66.3 cm³/mol. The first-order chi connectivity index (χ1) is 7.68. The summed E-state index contributed by atoms with van der Waals surface area (Å²) in [6.07, 6.45) is 0.289. The average molecular weight is 238 g/mol. The highest BCUT2D eigenvalue weighted by Crippen LogP contribution is 2.08. The molecule has 1 rings (SSSR count). The summed E-state index contributed by atoms with van der Waals surface area (Å²) in [6.45, 7) is 0.576. The van der Waals surface area contributed by atoms with Gasteiger partial charge in [-0.3, -0.25) is 4.79 Å². The lowest BCUT2D eigenvalue weighted by Crippen LogP contribution is -2.32. The van der Waals surface area contributed by atoms with Crippen molar-refractivity contribution in [1.82, 2.24) is 5.32 Å². The second-order valence-corrected chi connectivity index (χ2v) is 3.68. The molecule has 0 unspecified atom stereocenters. The standard InChI is InChI=1S/C11H14N2O2S/c12-10(16)8-13-11(14)6-7-15-9-4-2-1-3-5-9/h1-5H,6-8H2,(H2,12,16)(H,13,14). The number of nitrogens with two attached hydrogens (primary N) is 1. The molecule has 0 aromatic heterocycles. The van der Waals surface area contributed by atoms with Crippen LogP contribution < -0.4 is 15.8 Å². The number of rotatable bonds is 6. The van der Waals surface area contributed by atoms with Gasteiger partial charge in [0.05, 0.1) is 24.6 Å². The Bertz CT molecular complexity index is 354. The van der Waals surface area contributed by atoms with E-state index >= 15 is 0 Å². The number of benzene rings is 1. The normalized spacial score (nSPS) is 9.50. The number of amides is 1. The highest BCUT2D eigenvalue weighted by Gasteiger charge is 2.01. The van der Waals surface area contributed by atoms with Crippen LogP contribution in [-0.2, 0) is 4.79 Å². The van der Waals surface area contributed by atoms with E-state index in [1.54, 1.807) is 0 Å². The lowest BCUT2D eigenvalue weighted by molar-refractivity contribution is -0.121. The molecule has 0 saturated carbocycles. The maximum Gasteiger partial charge on any atom is 0.223 e.